The number of rotatable bonds is 3. The highest BCUT2D eigenvalue weighted by Gasteiger charge is 2.46. The summed E-state index contributed by atoms with van der Waals surface area (Å²) in [6, 6.07) is 4.32. The number of nitrogens with zero attached hydrogens (tertiary/aromatic N) is 1. The van der Waals surface area contributed by atoms with Crippen molar-refractivity contribution >= 4 is 22.7 Å². The topological polar surface area (TPSA) is 158 Å². The molecule has 11 nitrogen and oxygen atoms in total. The van der Waals surface area contributed by atoms with Crippen molar-refractivity contribution < 1.29 is 19.4 Å². The second kappa shape index (κ2) is 6.85. The standard InChI is InChI=1S/C19H15N5O6/c1-30-12-3-2-11-8-24(15(26)13(11)6-12)9-19(16(27)22-18(29)23-19)5-4-10-7-20-17(28)21-14(10)25/h2-3,6-8,26H,9H2,1H3,(H2,20,21,25,28)(H2,22,23,27,29)/t19-/m1/s1. The van der Waals surface area contributed by atoms with Crippen molar-refractivity contribution in [3.8, 4) is 23.5 Å². The Morgan fingerprint density at radius 2 is 2.03 bits per heavy atom. The van der Waals surface area contributed by atoms with Gasteiger partial charge in [-0.05, 0) is 18.2 Å². The van der Waals surface area contributed by atoms with E-state index in [-0.39, 0.29) is 18.0 Å². The highest BCUT2D eigenvalue weighted by atomic mass is 16.5. The lowest BCUT2D eigenvalue weighted by Gasteiger charge is -2.20. The summed E-state index contributed by atoms with van der Waals surface area (Å²) in [4.78, 5) is 51.7. The van der Waals surface area contributed by atoms with Gasteiger partial charge in [-0.3, -0.25) is 19.9 Å². The molecule has 0 spiro atoms. The van der Waals surface area contributed by atoms with Gasteiger partial charge in [0.2, 0.25) is 5.54 Å². The van der Waals surface area contributed by atoms with Gasteiger partial charge in [0.25, 0.3) is 11.5 Å². The number of urea groups is 1. The number of carbonyl (C=O) groups excluding carboxylic acids is 2. The average molecular weight is 409 g/mol. The average Bonchev–Trinajstić information content (AvgIpc) is 3.16. The summed E-state index contributed by atoms with van der Waals surface area (Å²) in [6.07, 6.45) is 2.70. The highest BCUT2D eigenvalue weighted by molar-refractivity contribution is 6.09. The van der Waals surface area contributed by atoms with E-state index in [1.807, 2.05) is 4.98 Å². The van der Waals surface area contributed by atoms with Gasteiger partial charge in [0, 0.05) is 23.2 Å². The first kappa shape index (κ1) is 18.9. The summed E-state index contributed by atoms with van der Waals surface area (Å²) in [5.41, 5.74) is -3.30. The van der Waals surface area contributed by atoms with Gasteiger partial charge in [0.05, 0.1) is 13.7 Å². The predicted octanol–water partition coefficient (Wildman–Crippen LogP) is -0.638. The third-order valence-electron chi connectivity index (χ3n) is 4.65. The van der Waals surface area contributed by atoms with Crippen molar-refractivity contribution in [2.75, 3.05) is 7.11 Å². The molecule has 30 heavy (non-hydrogen) atoms. The van der Waals surface area contributed by atoms with E-state index >= 15 is 0 Å². The number of hydrogen-bond acceptors (Lipinski definition) is 6. The lowest BCUT2D eigenvalue weighted by atomic mass is 10.00. The molecule has 1 aliphatic heterocycles. The number of carbonyl (C=O) groups is 2. The summed E-state index contributed by atoms with van der Waals surface area (Å²) in [5.74, 6) is 4.76. The van der Waals surface area contributed by atoms with E-state index in [4.69, 9.17) is 4.74 Å². The third-order valence-corrected chi connectivity index (χ3v) is 4.65. The maximum Gasteiger partial charge on any atom is 0.325 e. The molecule has 0 aliphatic carbocycles. The molecule has 2 aromatic heterocycles. The molecular formula is C19H15N5O6. The molecule has 3 amide bonds. The molecule has 1 atom stereocenters. The normalized spacial score (nSPS) is 17.9. The minimum atomic E-state index is -1.75. The van der Waals surface area contributed by atoms with E-state index < -0.39 is 28.7 Å². The fourth-order valence-corrected chi connectivity index (χ4v) is 3.14. The predicted molar refractivity (Wildman–Crippen MR) is 104 cm³/mol. The number of ether oxygens (including phenoxy) is 1. The molecule has 152 valence electrons. The number of aromatic nitrogens is 3. The van der Waals surface area contributed by atoms with Gasteiger partial charge in [-0.15, -0.1) is 0 Å². The number of imide groups is 1. The van der Waals surface area contributed by atoms with Crippen LogP contribution in [0.1, 0.15) is 5.56 Å². The Morgan fingerprint density at radius 3 is 2.70 bits per heavy atom. The van der Waals surface area contributed by atoms with Crippen LogP contribution in [0.15, 0.2) is 40.2 Å². The zero-order chi connectivity index (χ0) is 21.5. The van der Waals surface area contributed by atoms with E-state index in [1.54, 1.807) is 24.4 Å². The van der Waals surface area contributed by atoms with Gasteiger partial charge in [-0.25, -0.2) is 9.59 Å². The Morgan fingerprint density at radius 1 is 1.23 bits per heavy atom. The Balaban J connectivity index is 1.79. The number of benzene rings is 1. The molecule has 0 bridgehead atoms. The van der Waals surface area contributed by atoms with Crippen molar-refractivity contribution in [3.63, 3.8) is 0 Å². The summed E-state index contributed by atoms with van der Waals surface area (Å²) in [7, 11) is 1.50. The number of hydrogen-bond donors (Lipinski definition) is 5. The quantitative estimate of drug-likeness (QED) is 0.286. The number of methoxy groups -OCH3 is 1. The highest BCUT2D eigenvalue weighted by Crippen LogP contribution is 2.31. The number of aromatic hydroxyl groups is 1. The van der Waals surface area contributed by atoms with Crippen LogP contribution in [0.5, 0.6) is 11.6 Å². The molecule has 0 radical (unpaired) electrons. The monoisotopic (exact) mass is 409 g/mol. The van der Waals surface area contributed by atoms with Crippen molar-refractivity contribution in [2.45, 2.75) is 12.1 Å². The summed E-state index contributed by atoms with van der Waals surface area (Å²) in [5, 5.41) is 16.3. The maximum absolute atomic E-state index is 12.5. The van der Waals surface area contributed by atoms with Crippen molar-refractivity contribution in [1.29, 1.82) is 0 Å². The lowest BCUT2D eigenvalue weighted by molar-refractivity contribution is -0.122. The molecule has 1 saturated heterocycles. The van der Waals surface area contributed by atoms with Crippen molar-refractivity contribution in [2.24, 2.45) is 0 Å². The zero-order valence-electron chi connectivity index (χ0n) is 15.5. The van der Waals surface area contributed by atoms with Crippen LogP contribution in [-0.2, 0) is 11.3 Å². The van der Waals surface area contributed by atoms with Crippen LogP contribution in [0.4, 0.5) is 4.79 Å². The van der Waals surface area contributed by atoms with Crippen LogP contribution in [0.3, 0.4) is 0 Å². The van der Waals surface area contributed by atoms with Crippen LogP contribution in [0.2, 0.25) is 0 Å². The van der Waals surface area contributed by atoms with Gasteiger partial charge in [-0.1, -0.05) is 11.8 Å². The molecule has 1 fully saturated rings. The Bertz CT molecular complexity index is 1370. The van der Waals surface area contributed by atoms with E-state index in [0.29, 0.717) is 16.5 Å². The Labute approximate surface area is 167 Å². The molecule has 1 aromatic carbocycles. The molecule has 11 heteroatoms. The molecule has 0 saturated carbocycles. The van der Waals surface area contributed by atoms with E-state index in [0.717, 1.165) is 6.20 Å². The van der Waals surface area contributed by atoms with Crippen molar-refractivity contribution in [1.82, 2.24) is 25.2 Å². The lowest BCUT2D eigenvalue weighted by Crippen LogP contribution is -2.49. The summed E-state index contributed by atoms with van der Waals surface area (Å²) < 4.78 is 6.52. The molecule has 4 rings (SSSR count). The molecule has 0 unspecified atom stereocenters. The molecule has 5 N–H and O–H groups in total. The molecular weight excluding hydrogens is 394 g/mol. The minimum Gasteiger partial charge on any atom is -0.497 e. The van der Waals surface area contributed by atoms with Gasteiger partial charge in [0.15, 0.2) is 5.88 Å². The largest absolute Gasteiger partial charge is 0.497 e. The number of amides is 3. The first-order valence-electron chi connectivity index (χ1n) is 8.66. The van der Waals surface area contributed by atoms with E-state index in [2.05, 4.69) is 27.5 Å². The van der Waals surface area contributed by atoms with E-state index in [1.165, 1.54) is 11.7 Å². The molecule has 3 heterocycles. The Kier molecular flexibility index (Phi) is 4.31. The Hall–Kier alpha value is -4.46. The summed E-state index contributed by atoms with van der Waals surface area (Å²) >= 11 is 0. The van der Waals surface area contributed by atoms with Crippen LogP contribution in [0, 0.1) is 11.8 Å². The van der Waals surface area contributed by atoms with Gasteiger partial charge in [0.1, 0.15) is 11.3 Å². The second-order valence-corrected chi connectivity index (χ2v) is 6.58. The summed E-state index contributed by atoms with van der Waals surface area (Å²) in [6.45, 7) is -0.234. The zero-order valence-corrected chi connectivity index (χ0v) is 15.5. The molecule has 1 aliphatic rings. The van der Waals surface area contributed by atoms with E-state index in [9.17, 15) is 24.3 Å². The van der Waals surface area contributed by atoms with Gasteiger partial charge < -0.3 is 24.7 Å². The maximum atomic E-state index is 12.5. The van der Waals surface area contributed by atoms with Gasteiger partial charge >= 0.3 is 11.7 Å². The number of aromatic amines is 2. The fraction of sp³-hybridized carbons (Fsp3) is 0.158. The number of fused-ring (bicyclic) bond motifs is 1. The minimum absolute atomic E-state index is 0.102. The first-order valence-corrected chi connectivity index (χ1v) is 8.66. The number of H-pyrrole nitrogens is 2. The van der Waals surface area contributed by atoms with Crippen LogP contribution < -0.4 is 26.6 Å². The van der Waals surface area contributed by atoms with Crippen LogP contribution >= 0.6 is 0 Å². The second-order valence-electron chi connectivity index (χ2n) is 6.58. The fourth-order valence-electron chi connectivity index (χ4n) is 3.14. The van der Waals surface area contributed by atoms with Crippen LogP contribution in [-0.4, -0.2) is 44.2 Å². The van der Waals surface area contributed by atoms with Crippen molar-refractivity contribution in [3.05, 3.63) is 57.0 Å². The SMILES string of the molecule is COc1ccc2cn(C[C@@]3(C#Cc4c[nH]c(=O)[nH]c4=O)NC(=O)NC3=O)c(O)c2c1. The smallest absolute Gasteiger partial charge is 0.325 e. The number of nitrogens with one attached hydrogen (secondary N) is 4. The third kappa shape index (κ3) is 3.16. The van der Waals surface area contributed by atoms with Gasteiger partial charge in [-0.2, -0.15) is 0 Å². The first-order chi connectivity index (χ1) is 14.3. The van der Waals surface area contributed by atoms with Crippen LogP contribution in [0.25, 0.3) is 10.8 Å². The molecule has 3 aromatic rings.